The fourth-order valence-corrected chi connectivity index (χ4v) is 2.61. The Morgan fingerprint density at radius 2 is 1.90 bits per heavy atom. The van der Waals surface area contributed by atoms with E-state index in [4.69, 9.17) is 29.6 Å². The topological polar surface area (TPSA) is 38.0 Å². The van der Waals surface area contributed by atoms with Crippen LogP contribution in [0.2, 0.25) is 5.02 Å². The van der Waals surface area contributed by atoms with E-state index in [9.17, 15) is 0 Å². The fourth-order valence-electron chi connectivity index (χ4n) is 2.10. The Kier molecular flexibility index (Phi) is 4.99. The first-order chi connectivity index (χ1) is 9.61. The van der Waals surface area contributed by atoms with Gasteiger partial charge in [0.15, 0.2) is 0 Å². The zero-order chi connectivity index (χ0) is 14.5. The van der Waals surface area contributed by atoms with E-state index in [0.717, 1.165) is 18.7 Å². The van der Waals surface area contributed by atoms with Gasteiger partial charge < -0.3 is 11.1 Å². The van der Waals surface area contributed by atoms with Crippen LogP contribution in [0.1, 0.15) is 23.6 Å². The second-order valence-corrected chi connectivity index (χ2v) is 5.38. The molecular weight excluding hydrogens is 288 g/mol. The Morgan fingerprint density at radius 3 is 2.50 bits per heavy atom. The van der Waals surface area contributed by atoms with Gasteiger partial charge in [-0.05, 0) is 35.7 Å². The molecule has 2 aromatic rings. The standard InChI is InChI=1S/C16H17ClN2S/c1-2-11-5-3-4-6-12(11)10-19-13-7-8-14(16(18)20)15(17)9-13/h3-9,19H,2,10H2,1H3,(H2,18,20). The van der Waals surface area contributed by atoms with E-state index in [1.807, 2.05) is 18.2 Å². The van der Waals surface area contributed by atoms with Crippen molar-refractivity contribution in [2.75, 3.05) is 5.32 Å². The van der Waals surface area contributed by atoms with Crippen LogP contribution in [0.15, 0.2) is 42.5 Å². The molecule has 0 unspecified atom stereocenters. The molecule has 0 aliphatic heterocycles. The van der Waals surface area contributed by atoms with Gasteiger partial charge in [0.05, 0.1) is 5.02 Å². The molecule has 4 heteroatoms. The number of halogens is 1. The molecule has 0 spiro atoms. The molecule has 0 saturated heterocycles. The van der Waals surface area contributed by atoms with Crippen molar-refractivity contribution >= 4 is 34.5 Å². The lowest BCUT2D eigenvalue weighted by molar-refractivity contribution is 1.04. The minimum Gasteiger partial charge on any atom is -0.389 e. The van der Waals surface area contributed by atoms with Gasteiger partial charge in [-0.2, -0.15) is 0 Å². The highest BCUT2D eigenvalue weighted by atomic mass is 35.5. The van der Waals surface area contributed by atoms with Gasteiger partial charge in [0.1, 0.15) is 4.99 Å². The summed E-state index contributed by atoms with van der Waals surface area (Å²) in [6, 6.07) is 14.0. The molecule has 0 amide bonds. The van der Waals surface area contributed by atoms with Crippen LogP contribution in [-0.4, -0.2) is 4.99 Å². The third-order valence-corrected chi connectivity index (χ3v) is 3.75. The summed E-state index contributed by atoms with van der Waals surface area (Å²) in [5.41, 5.74) is 9.91. The summed E-state index contributed by atoms with van der Waals surface area (Å²) in [6.45, 7) is 2.93. The highest BCUT2D eigenvalue weighted by Gasteiger charge is 2.05. The summed E-state index contributed by atoms with van der Waals surface area (Å²) < 4.78 is 0. The number of aryl methyl sites for hydroxylation is 1. The number of benzene rings is 2. The highest BCUT2D eigenvalue weighted by molar-refractivity contribution is 7.80. The maximum Gasteiger partial charge on any atom is 0.105 e. The average molecular weight is 305 g/mol. The molecule has 20 heavy (non-hydrogen) atoms. The van der Waals surface area contributed by atoms with Gasteiger partial charge in [-0.3, -0.25) is 0 Å². The van der Waals surface area contributed by atoms with Crippen LogP contribution in [0.25, 0.3) is 0 Å². The van der Waals surface area contributed by atoms with Crippen LogP contribution in [-0.2, 0) is 13.0 Å². The van der Waals surface area contributed by atoms with Crippen LogP contribution < -0.4 is 11.1 Å². The van der Waals surface area contributed by atoms with Gasteiger partial charge in [0.2, 0.25) is 0 Å². The molecule has 0 radical (unpaired) electrons. The molecule has 0 aliphatic carbocycles. The van der Waals surface area contributed by atoms with Crippen molar-refractivity contribution in [3.8, 4) is 0 Å². The predicted molar refractivity (Wildman–Crippen MR) is 90.5 cm³/mol. The summed E-state index contributed by atoms with van der Waals surface area (Å²) in [5.74, 6) is 0. The molecular formula is C16H17ClN2S. The molecule has 0 fully saturated rings. The maximum atomic E-state index is 6.16. The van der Waals surface area contributed by atoms with E-state index in [1.54, 1.807) is 0 Å². The third-order valence-electron chi connectivity index (χ3n) is 3.22. The first-order valence-electron chi connectivity index (χ1n) is 6.51. The predicted octanol–water partition coefficient (Wildman–Crippen LogP) is 4.15. The van der Waals surface area contributed by atoms with Gasteiger partial charge in [0.25, 0.3) is 0 Å². The van der Waals surface area contributed by atoms with E-state index in [2.05, 4.69) is 36.5 Å². The Hall–Kier alpha value is -1.58. The second-order valence-electron chi connectivity index (χ2n) is 4.53. The Labute approximate surface area is 130 Å². The summed E-state index contributed by atoms with van der Waals surface area (Å²) >= 11 is 11.1. The van der Waals surface area contributed by atoms with Crippen LogP contribution in [0.4, 0.5) is 5.69 Å². The molecule has 0 aromatic heterocycles. The van der Waals surface area contributed by atoms with Crippen molar-refractivity contribution < 1.29 is 0 Å². The van der Waals surface area contributed by atoms with Crippen molar-refractivity contribution in [2.24, 2.45) is 5.73 Å². The van der Waals surface area contributed by atoms with Crippen molar-refractivity contribution in [1.29, 1.82) is 0 Å². The zero-order valence-electron chi connectivity index (χ0n) is 11.3. The largest absolute Gasteiger partial charge is 0.389 e. The molecule has 2 rings (SSSR count). The van der Waals surface area contributed by atoms with Gasteiger partial charge >= 0.3 is 0 Å². The first kappa shape index (κ1) is 14.8. The highest BCUT2D eigenvalue weighted by Crippen LogP contribution is 2.22. The minimum absolute atomic E-state index is 0.317. The number of hydrogen-bond donors (Lipinski definition) is 2. The number of rotatable bonds is 5. The van der Waals surface area contributed by atoms with Crippen molar-refractivity contribution in [3.05, 3.63) is 64.2 Å². The zero-order valence-corrected chi connectivity index (χ0v) is 12.9. The van der Waals surface area contributed by atoms with E-state index >= 15 is 0 Å². The summed E-state index contributed by atoms with van der Waals surface area (Å²) in [4.78, 5) is 0.317. The lowest BCUT2D eigenvalue weighted by Crippen LogP contribution is -2.10. The second kappa shape index (κ2) is 6.73. The van der Waals surface area contributed by atoms with Crippen molar-refractivity contribution in [1.82, 2.24) is 0 Å². The van der Waals surface area contributed by atoms with Crippen LogP contribution >= 0.6 is 23.8 Å². The number of thiocarbonyl (C=S) groups is 1. The van der Waals surface area contributed by atoms with Crippen LogP contribution in [0.3, 0.4) is 0 Å². The number of hydrogen-bond acceptors (Lipinski definition) is 2. The number of anilines is 1. The van der Waals surface area contributed by atoms with E-state index < -0.39 is 0 Å². The smallest absolute Gasteiger partial charge is 0.105 e. The first-order valence-corrected chi connectivity index (χ1v) is 7.30. The normalized spacial score (nSPS) is 10.3. The molecule has 2 aromatic carbocycles. The van der Waals surface area contributed by atoms with Gasteiger partial charge in [-0.25, -0.2) is 0 Å². The average Bonchev–Trinajstić information content (AvgIpc) is 2.45. The summed E-state index contributed by atoms with van der Waals surface area (Å²) in [6.07, 6.45) is 1.03. The van der Waals surface area contributed by atoms with E-state index in [1.165, 1.54) is 11.1 Å². The number of nitrogens with one attached hydrogen (secondary N) is 1. The third kappa shape index (κ3) is 3.50. The number of nitrogens with two attached hydrogens (primary N) is 1. The molecule has 0 aliphatic rings. The molecule has 3 N–H and O–H groups in total. The Balaban J connectivity index is 2.11. The Bertz CT molecular complexity index is 626. The van der Waals surface area contributed by atoms with Crippen molar-refractivity contribution in [2.45, 2.75) is 19.9 Å². The van der Waals surface area contributed by atoms with Crippen LogP contribution in [0.5, 0.6) is 0 Å². The summed E-state index contributed by atoms with van der Waals surface area (Å²) in [7, 11) is 0. The lowest BCUT2D eigenvalue weighted by atomic mass is 10.1. The Morgan fingerprint density at radius 1 is 1.20 bits per heavy atom. The molecule has 0 atom stereocenters. The maximum absolute atomic E-state index is 6.16. The van der Waals surface area contributed by atoms with E-state index in [0.29, 0.717) is 15.6 Å². The monoisotopic (exact) mass is 304 g/mol. The fraction of sp³-hybridized carbons (Fsp3) is 0.188. The SMILES string of the molecule is CCc1ccccc1CNc1ccc(C(N)=S)c(Cl)c1. The minimum atomic E-state index is 0.317. The quantitative estimate of drug-likeness (QED) is 0.815. The molecule has 104 valence electrons. The van der Waals surface area contributed by atoms with Gasteiger partial charge in [-0.1, -0.05) is 55.0 Å². The van der Waals surface area contributed by atoms with Crippen molar-refractivity contribution in [3.63, 3.8) is 0 Å². The van der Waals surface area contributed by atoms with Crippen LogP contribution in [0, 0.1) is 0 Å². The summed E-state index contributed by atoms with van der Waals surface area (Å²) in [5, 5.41) is 3.95. The molecule has 2 nitrogen and oxygen atoms in total. The molecule has 0 heterocycles. The lowest BCUT2D eigenvalue weighted by Gasteiger charge is -2.11. The molecule has 0 bridgehead atoms. The van der Waals surface area contributed by atoms with E-state index in [-0.39, 0.29) is 0 Å². The van der Waals surface area contributed by atoms with Gasteiger partial charge in [0, 0.05) is 17.8 Å². The van der Waals surface area contributed by atoms with Gasteiger partial charge in [-0.15, -0.1) is 0 Å². The molecule has 0 saturated carbocycles.